The van der Waals surface area contributed by atoms with E-state index in [2.05, 4.69) is 34.1 Å². The van der Waals surface area contributed by atoms with Gasteiger partial charge < -0.3 is 24.2 Å². The second kappa shape index (κ2) is 10.9. The fraction of sp³-hybridized carbons (Fsp3) is 0.455. The number of hydrogen-bond donors (Lipinski definition) is 1. The van der Waals surface area contributed by atoms with Crippen molar-refractivity contribution in [3.8, 4) is 11.5 Å². The quantitative estimate of drug-likeness (QED) is 0.633. The lowest BCUT2D eigenvalue weighted by atomic mass is 10.2. The van der Waals surface area contributed by atoms with E-state index in [1.165, 1.54) is 5.69 Å². The molecule has 2 aromatic rings. The normalized spacial score (nSPS) is 16.0. The highest BCUT2D eigenvalue weighted by atomic mass is 16.5. The molecule has 1 aliphatic heterocycles. The van der Waals surface area contributed by atoms with Crippen LogP contribution >= 0.6 is 0 Å². The largest absolute Gasteiger partial charge is 0.497 e. The SMILES string of the molecule is COc1cccc(OCCOC[C@@H](O)CN2CCN(c3ccccc3)CC2)c1. The first-order valence-electron chi connectivity index (χ1n) is 9.79. The Morgan fingerprint density at radius 3 is 2.43 bits per heavy atom. The highest BCUT2D eigenvalue weighted by Crippen LogP contribution is 2.18. The lowest BCUT2D eigenvalue weighted by molar-refractivity contribution is 0.00717. The van der Waals surface area contributed by atoms with Crippen molar-refractivity contribution >= 4 is 5.69 Å². The highest BCUT2D eigenvalue weighted by molar-refractivity contribution is 5.46. The summed E-state index contributed by atoms with van der Waals surface area (Å²) in [7, 11) is 1.63. The summed E-state index contributed by atoms with van der Waals surface area (Å²) in [6.45, 7) is 5.69. The maximum absolute atomic E-state index is 10.2. The topological polar surface area (TPSA) is 54.4 Å². The number of hydrogen-bond acceptors (Lipinski definition) is 6. The second-order valence-electron chi connectivity index (χ2n) is 6.88. The molecule has 2 aromatic carbocycles. The number of para-hydroxylation sites is 1. The summed E-state index contributed by atoms with van der Waals surface area (Å²) in [6.07, 6.45) is -0.486. The van der Waals surface area contributed by atoms with Gasteiger partial charge in [0.1, 0.15) is 18.1 Å². The summed E-state index contributed by atoms with van der Waals surface area (Å²) in [5.41, 5.74) is 1.27. The van der Waals surface area contributed by atoms with Gasteiger partial charge in [-0.25, -0.2) is 0 Å². The van der Waals surface area contributed by atoms with Gasteiger partial charge >= 0.3 is 0 Å². The summed E-state index contributed by atoms with van der Waals surface area (Å²) >= 11 is 0. The Bertz CT molecular complexity index is 690. The van der Waals surface area contributed by atoms with Crippen LogP contribution in [0.2, 0.25) is 0 Å². The first kappa shape index (κ1) is 20.5. The smallest absolute Gasteiger partial charge is 0.123 e. The van der Waals surface area contributed by atoms with Gasteiger partial charge in [0.25, 0.3) is 0 Å². The van der Waals surface area contributed by atoms with Gasteiger partial charge in [-0.2, -0.15) is 0 Å². The molecule has 1 N–H and O–H groups in total. The number of β-amino-alcohol motifs (C(OH)–C–C–N with tert-alkyl or cyclic N) is 1. The number of aliphatic hydroxyl groups is 1. The van der Waals surface area contributed by atoms with Crippen LogP contribution in [0, 0.1) is 0 Å². The molecule has 1 aliphatic rings. The zero-order chi connectivity index (χ0) is 19.6. The maximum Gasteiger partial charge on any atom is 0.123 e. The first-order valence-corrected chi connectivity index (χ1v) is 9.79. The van der Waals surface area contributed by atoms with E-state index in [0.29, 0.717) is 26.4 Å². The van der Waals surface area contributed by atoms with Crippen molar-refractivity contribution in [2.45, 2.75) is 6.10 Å². The van der Waals surface area contributed by atoms with Gasteiger partial charge in [0, 0.05) is 44.5 Å². The molecule has 0 aliphatic carbocycles. The summed E-state index contributed by atoms with van der Waals surface area (Å²) in [5, 5.41) is 10.2. The Labute approximate surface area is 167 Å². The Balaban J connectivity index is 1.27. The molecule has 6 nitrogen and oxygen atoms in total. The molecule has 0 bridgehead atoms. The van der Waals surface area contributed by atoms with Gasteiger partial charge in [0.15, 0.2) is 0 Å². The highest BCUT2D eigenvalue weighted by Gasteiger charge is 2.19. The number of benzene rings is 2. The van der Waals surface area contributed by atoms with Crippen molar-refractivity contribution in [3.63, 3.8) is 0 Å². The molecule has 0 saturated carbocycles. The maximum atomic E-state index is 10.2. The molecular formula is C22H30N2O4. The predicted octanol–water partition coefficient (Wildman–Crippen LogP) is 2.27. The lowest BCUT2D eigenvalue weighted by Crippen LogP contribution is -2.49. The third-order valence-electron chi connectivity index (χ3n) is 4.81. The molecule has 3 rings (SSSR count). The number of methoxy groups -OCH3 is 1. The fourth-order valence-corrected chi connectivity index (χ4v) is 3.31. The van der Waals surface area contributed by atoms with Crippen LogP contribution in [0.1, 0.15) is 0 Å². The van der Waals surface area contributed by atoms with Crippen LogP contribution in [-0.4, -0.2) is 75.8 Å². The minimum atomic E-state index is -0.486. The molecule has 152 valence electrons. The van der Waals surface area contributed by atoms with Crippen LogP contribution in [0.15, 0.2) is 54.6 Å². The summed E-state index contributed by atoms with van der Waals surface area (Å²) in [4.78, 5) is 4.68. The van der Waals surface area contributed by atoms with Gasteiger partial charge in [-0.3, -0.25) is 4.90 Å². The zero-order valence-corrected chi connectivity index (χ0v) is 16.5. The van der Waals surface area contributed by atoms with Crippen molar-refractivity contribution in [3.05, 3.63) is 54.6 Å². The number of anilines is 1. The molecule has 1 fully saturated rings. The monoisotopic (exact) mass is 386 g/mol. The van der Waals surface area contributed by atoms with Crippen LogP contribution < -0.4 is 14.4 Å². The fourth-order valence-electron chi connectivity index (χ4n) is 3.31. The van der Waals surface area contributed by atoms with Crippen molar-refractivity contribution in [2.75, 3.05) is 64.6 Å². The molecule has 1 saturated heterocycles. The third-order valence-corrected chi connectivity index (χ3v) is 4.81. The van der Waals surface area contributed by atoms with Crippen molar-refractivity contribution in [2.24, 2.45) is 0 Å². The number of piperazine rings is 1. The molecule has 0 unspecified atom stereocenters. The molecule has 6 heteroatoms. The average molecular weight is 386 g/mol. The van der Waals surface area contributed by atoms with Crippen molar-refractivity contribution in [1.29, 1.82) is 0 Å². The van der Waals surface area contributed by atoms with Crippen LogP contribution in [0.25, 0.3) is 0 Å². The van der Waals surface area contributed by atoms with Crippen molar-refractivity contribution in [1.82, 2.24) is 4.90 Å². The van der Waals surface area contributed by atoms with E-state index in [-0.39, 0.29) is 0 Å². The molecular weight excluding hydrogens is 356 g/mol. The van der Waals surface area contributed by atoms with E-state index in [0.717, 1.165) is 37.7 Å². The Morgan fingerprint density at radius 2 is 1.68 bits per heavy atom. The minimum Gasteiger partial charge on any atom is -0.497 e. The second-order valence-corrected chi connectivity index (χ2v) is 6.88. The standard InChI is InChI=1S/C22H30N2O4/c1-26-21-8-5-9-22(16-21)28-15-14-27-18-20(25)17-23-10-12-24(13-11-23)19-6-3-2-4-7-19/h2-9,16,20,25H,10-15,17-18H2,1H3/t20-/m0/s1. The van der Waals surface area contributed by atoms with E-state index in [1.54, 1.807) is 7.11 Å². The van der Waals surface area contributed by atoms with Gasteiger partial charge in [0.2, 0.25) is 0 Å². The van der Waals surface area contributed by atoms with Crippen LogP contribution in [0.5, 0.6) is 11.5 Å². The first-order chi connectivity index (χ1) is 13.7. The van der Waals surface area contributed by atoms with Crippen molar-refractivity contribution < 1.29 is 19.3 Å². The summed E-state index contributed by atoms with van der Waals surface area (Å²) < 4.78 is 16.4. The van der Waals surface area contributed by atoms with E-state index in [4.69, 9.17) is 14.2 Å². The van der Waals surface area contributed by atoms with E-state index in [9.17, 15) is 5.11 Å². The van der Waals surface area contributed by atoms with Crippen LogP contribution in [0.3, 0.4) is 0 Å². The molecule has 28 heavy (non-hydrogen) atoms. The third kappa shape index (κ3) is 6.41. The predicted molar refractivity (Wildman–Crippen MR) is 110 cm³/mol. The number of ether oxygens (including phenoxy) is 3. The summed E-state index contributed by atoms with van der Waals surface area (Å²) in [6, 6.07) is 17.9. The summed E-state index contributed by atoms with van der Waals surface area (Å²) in [5.74, 6) is 1.51. The van der Waals surface area contributed by atoms with E-state index >= 15 is 0 Å². The number of nitrogens with zero attached hydrogens (tertiary/aromatic N) is 2. The minimum absolute atomic E-state index is 0.320. The van der Waals surface area contributed by atoms with E-state index in [1.807, 2.05) is 30.3 Å². The van der Waals surface area contributed by atoms with E-state index < -0.39 is 6.10 Å². The molecule has 0 spiro atoms. The van der Waals surface area contributed by atoms with Gasteiger partial charge in [-0.1, -0.05) is 24.3 Å². The average Bonchev–Trinajstić information content (AvgIpc) is 2.75. The van der Waals surface area contributed by atoms with Crippen LogP contribution in [0.4, 0.5) is 5.69 Å². The molecule has 1 heterocycles. The number of aliphatic hydroxyl groups excluding tert-OH is 1. The van der Waals surface area contributed by atoms with Gasteiger partial charge in [-0.05, 0) is 24.3 Å². The van der Waals surface area contributed by atoms with Gasteiger partial charge in [-0.15, -0.1) is 0 Å². The molecule has 0 aromatic heterocycles. The molecule has 0 radical (unpaired) electrons. The number of rotatable bonds is 10. The van der Waals surface area contributed by atoms with Crippen LogP contribution in [-0.2, 0) is 4.74 Å². The Kier molecular flexibility index (Phi) is 7.96. The molecule has 1 atom stereocenters. The zero-order valence-electron chi connectivity index (χ0n) is 16.5. The lowest BCUT2D eigenvalue weighted by Gasteiger charge is -2.36. The Morgan fingerprint density at radius 1 is 0.929 bits per heavy atom. The molecule has 0 amide bonds. The van der Waals surface area contributed by atoms with Gasteiger partial charge in [0.05, 0.1) is 26.4 Å². The Hall–Kier alpha value is -2.28.